The van der Waals surface area contributed by atoms with Crippen molar-refractivity contribution >= 4 is 17.7 Å². The first kappa shape index (κ1) is 12.2. The van der Waals surface area contributed by atoms with Crippen molar-refractivity contribution in [3.63, 3.8) is 0 Å². The van der Waals surface area contributed by atoms with Gasteiger partial charge in [-0.3, -0.25) is 4.79 Å². The molecular formula is C12H22N2OS. The Balaban J connectivity index is 1.92. The Morgan fingerprint density at radius 2 is 2.25 bits per heavy atom. The molecule has 3 nitrogen and oxygen atoms in total. The van der Waals surface area contributed by atoms with Crippen molar-refractivity contribution in [2.45, 2.75) is 43.9 Å². The second-order valence-electron chi connectivity index (χ2n) is 4.70. The fourth-order valence-corrected chi connectivity index (χ4v) is 3.59. The molecule has 2 rings (SSSR count). The summed E-state index contributed by atoms with van der Waals surface area (Å²) < 4.78 is 0. The first-order valence-corrected chi connectivity index (χ1v) is 7.50. The van der Waals surface area contributed by atoms with Crippen molar-refractivity contribution in [1.82, 2.24) is 10.2 Å². The zero-order valence-corrected chi connectivity index (χ0v) is 10.9. The maximum atomic E-state index is 12.4. The lowest BCUT2D eigenvalue weighted by molar-refractivity contribution is -0.134. The van der Waals surface area contributed by atoms with Crippen molar-refractivity contribution < 1.29 is 4.79 Å². The first-order valence-electron chi connectivity index (χ1n) is 6.45. The standard InChI is InChI=1S/C12H22N2OS/c1-2-6-14(10-8-13-9-10)12(15)11-5-3-4-7-16-11/h10-11,13H,2-9H2,1H3. The third kappa shape index (κ3) is 2.72. The van der Waals surface area contributed by atoms with Crippen LogP contribution in [0.1, 0.15) is 32.6 Å². The predicted molar refractivity (Wildman–Crippen MR) is 68.8 cm³/mol. The molecule has 0 aromatic heterocycles. The van der Waals surface area contributed by atoms with E-state index in [2.05, 4.69) is 17.1 Å². The van der Waals surface area contributed by atoms with Crippen molar-refractivity contribution in [3.8, 4) is 0 Å². The van der Waals surface area contributed by atoms with Gasteiger partial charge < -0.3 is 10.2 Å². The van der Waals surface area contributed by atoms with Crippen LogP contribution in [-0.2, 0) is 4.79 Å². The monoisotopic (exact) mass is 242 g/mol. The topological polar surface area (TPSA) is 32.3 Å². The molecule has 16 heavy (non-hydrogen) atoms. The fourth-order valence-electron chi connectivity index (χ4n) is 2.33. The van der Waals surface area contributed by atoms with E-state index in [9.17, 15) is 4.79 Å². The Morgan fingerprint density at radius 1 is 1.44 bits per heavy atom. The number of nitrogens with one attached hydrogen (secondary N) is 1. The highest BCUT2D eigenvalue weighted by molar-refractivity contribution is 8.00. The van der Waals surface area contributed by atoms with E-state index >= 15 is 0 Å². The van der Waals surface area contributed by atoms with Gasteiger partial charge >= 0.3 is 0 Å². The Bertz CT molecular complexity index is 237. The number of carbonyl (C=O) groups excluding carboxylic acids is 1. The third-order valence-electron chi connectivity index (χ3n) is 3.40. The molecule has 0 spiro atoms. The summed E-state index contributed by atoms with van der Waals surface area (Å²) in [4.78, 5) is 14.5. The molecule has 92 valence electrons. The lowest BCUT2D eigenvalue weighted by Gasteiger charge is -2.40. The molecule has 4 heteroatoms. The predicted octanol–water partition coefficient (Wildman–Crippen LogP) is 1.48. The van der Waals surface area contributed by atoms with Crippen molar-refractivity contribution in [3.05, 3.63) is 0 Å². The molecule has 0 aliphatic carbocycles. The van der Waals surface area contributed by atoms with Gasteiger partial charge in [0.2, 0.25) is 5.91 Å². The Labute approximate surface area is 102 Å². The molecule has 0 radical (unpaired) electrons. The Kier molecular flexibility index (Phi) is 4.53. The quantitative estimate of drug-likeness (QED) is 0.810. The second-order valence-corrected chi connectivity index (χ2v) is 6.01. The lowest BCUT2D eigenvalue weighted by Crippen LogP contribution is -2.60. The number of thioether (sulfide) groups is 1. The highest BCUT2D eigenvalue weighted by Gasteiger charge is 2.32. The summed E-state index contributed by atoms with van der Waals surface area (Å²) in [5, 5.41) is 3.51. The lowest BCUT2D eigenvalue weighted by atomic mass is 10.1. The molecule has 0 aromatic rings. The van der Waals surface area contributed by atoms with E-state index in [1.165, 1.54) is 18.6 Å². The van der Waals surface area contributed by atoms with Crippen molar-refractivity contribution in [2.75, 3.05) is 25.4 Å². The van der Waals surface area contributed by atoms with E-state index in [-0.39, 0.29) is 5.25 Å². The summed E-state index contributed by atoms with van der Waals surface area (Å²) >= 11 is 1.87. The van der Waals surface area contributed by atoms with E-state index in [1.54, 1.807) is 0 Å². The largest absolute Gasteiger partial charge is 0.336 e. The summed E-state index contributed by atoms with van der Waals surface area (Å²) in [5.74, 6) is 1.57. The van der Waals surface area contributed by atoms with E-state index < -0.39 is 0 Å². The fraction of sp³-hybridized carbons (Fsp3) is 0.917. The van der Waals surface area contributed by atoms with Crippen LogP contribution in [0.3, 0.4) is 0 Å². The number of nitrogens with zero attached hydrogens (tertiary/aromatic N) is 1. The highest BCUT2D eigenvalue weighted by Crippen LogP contribution is 2.27. The number of hydrogen-bond acceptors (Lipinski definition) is 3. The minimum atomic E-state index is 0.251. The van der Waals surface area contributed by atoms with Crippen LogP contribution in [0.15, 0.2) is 0 Å². The minimum absolute atomic E-state index is 0.251. The minimum Gasteiger partial charge on any atom is -0.336 e. The third-order valence-corrected chi connectivity index (χ3v) is 4.77. The van der Waals surface area contributed by atoms with Crippen molar-refractivity contribution in [2.24, 2.45) is 0 Å². The summed E-state index contributed by atoms with van der Waals surface area (Å²) in [7, 11) is 0. The van der Waals surface area contributed by atoms with Gasteiger partial charge in [0.1, 0.15) is 0 Å². The van der Waals surface area contributed by atoms with E-state index in [0.29, 0.717) is 11.9 Å². The zero-order chi connectivity index (χ0) is 11.4. The van der Waals surface area contributed by atoms with Crippen LogP contribution in [-0.4, -0.2) is 47.5 Å². The van der Waals surface area contributed by atoms with Crippen LogP contribution in [0, 0.1) is 0 Å². The molecule has 2 saturated heterocycles. The van der Waals surface area contributed by atoms with Gasteiger partial charge in [-0.05, 0) is 25.0 Å². The molecule has 0 aromatic carbocycles. The van der Waals surface area contributed by atoms with Gasteiger partial charge in [-0.1, -0.05) is 13.3 Å². The summed E-state index contributed by atoms with van der Waals surface area (Å²) in [6, 6.07) is 0.468. The van der Waals surface area contributed by atoms with Gasteiger partial charge in [0.05, 0.1) is 11.3 Å². The van der Waals surface area contributed by atoms with Crippen LogP contribution >= 0.6 is 11.8 Å². The summed E-state index contributed by atoms with van der Waals surface area (Å²) in [6.07, 6.45) is 4.67. The highest BCUT2D eigenvalue weighted by atomic mass is 32.2. The molecule has 2 heterocycles. The molecule has 1 atom stereocenters. The first-order chi connectivity index (χ1) is 7.83. The molecule has 2 aliphatic heterocycles. The molecule has 1 unspecified atom stereocenters. The van der Waals surface area contributed by atoms with Crippen LogP contribution < -0.4 is 5.32 Å². The van der Waals surface area contributed by atoms with Crippen LogP contribution in [0.5, 0.6) is 0 Å². The van der Waals surface area contributed by atoms with Gasteiger partial charge in [0.25, 0.3) is 0 Å². The number of carbonyl (C=O) groups is 1. The van der Waals surface area contributed by atoms with Gasteiger partial charge in [-0.2, -0.15) is 0 Å². The maximum Gasteiger partial charge on any atom is 0.236 e. The van der Waals surface area contributed by atoms with Gasteiger partial charge in [0.15, 0.2) is 0 Å². The number of amides is 1. The maximum absolute atomic E-state index is 12.4. The molecular weight excluding hydrogens is 220 g/mol. The Hall–Kier alpha value is -0.220. The number of hydrogen-bond donors (Lipinski definition) is 1. The summed E-state index contributed by atoms with van der Waals surface area (Å²) in [5.41, 5.74) is 0. The molecule has 1 N–H and O–H groups in total. The molecule has 2 fully saturated rings. The van der Waals surface area contributed by atoms with E-state index in [1.807, 2.05) is 11.8 Å². The van der Waals surface area contributed by atoms with Crippen LogP contribution in [0.4, 0.5) is 0 Å². The molecule has 2 aliphatic rings. The van der Waals surface area contributed by atoms with E-state index in [4.69, 9.17) is 0 Å². The van der Waals surface area contributed by atoms with Gasteiger partial charge in [0, 0.05) is 19.6 Å². The van der Waals surface area contributed by atoms with Crippen LogP contribution in [0.2, 0.25) is 0 Å². The average Bonchev–Trinajstić information content (AvgIpc) is 2.26. The Morgan fingerprint density at radius 3 is 2.75 bits per heavy atom. The van der Waals surface area contributed by atoms with Gasteiger partial charge in [-0.15, -0.1) is 11.8 Å². The van der Waals surface area contributed by atoms with Crippen molar-refractivity contribution in [1.29, 1.82) is 0 Å². The second kappa shape index (κ2) is 5.92. The zero-order valence-electron chi connectivity index (χ0n) is 10.1. The molecule has 0 saturated carbocycles. The molecule has 0 bridgehead atoms. The van der Waals surface area contributed by atoms with E-state index in [0.717, 1.165) is 32.5 Å². The number of rotatable bonds is 4. The normalized spacial score (nSPS) is 26.2. The smallest absolute Gasteiger partial charge is 0.236 e. The van der Waals surface area contributed by atoms with Crippen LogP contribution in [0.25, 0.3) is 0 Å². The average molecular weight is 242 g/mol. The summed E-state index contributed by atoms with van der Waals surface area (Å²) in [6.45, 7) is 5.06. The SMILES string of the molecule is CCCN(C(=O)C1CCCCS1)C1CNC1. The molecule has 1 amide bonds. The van der Waals surface area contributed by atoms with Gasteiger partial charge in [-0.25, -0.2) is 0 Å².